The van der Waals surface area contributed by atoms with Gasteiger partial charge in [-0.05, 0) is 44.4 Å². The van der Waals surface area contributed by atoms with Crippen molar-refractivity contribution in [3.63, 3.8) is 0 Å². The second kappa shape index (κ2) is 6.16. The van der Waals surface area contributed by atoms with E-state index in [2.05, 4.69) is 0 Å². The van der Waals surface area contributed by atoms with Crippen LogP contribution in [-0.4, -0.2) is 47.7 Å². The summed E-state index contributed by atoms with van der Waals surface area (Å²) in [5.74, 6) is -2.42. The summed E-state index contributed by atoms with van der Waals surface area (Å²) in [6, 6.07) is 3.46. The van der Waals surface area contributed by atoms with Gasteiger partial charge < -0.3 is 14.7 Å². The number of rotatable bonds is 5. The molecule has 0 aromatic heterocycles. The number of halogens is 1. The number of carbonyl (C=O) groups is 2. The number of nitrogens with zero attached hydrogens (tertiary/aromatic N) is 1. The van der Waals surface area contributed by atoms with E-state index in [0.29, 0.717) is 6.61 Å². The quantitative estimate of drug-likeness (QED) is 0.898. The first-order valence-corrected chi connectivity index (χ1v) is 8.32. The molecule has 2 unspecified atom stereocenters. The highest BCUT2D eigenvalue weighted by Crippen LogP contribution is 2.59. The van der Waals surface area contributed by atoms with E-state index in [-0.39, 0.29) is 28.7 Å². The van der Waals surface area contributed by atoms with E-state index >= 15 is 0 Å². The minimum Gasteiger partial charge on any atom is -0.478 e. The molecular weight excluding hydrogens is 313 g/mol. The third-order valence-electron chi connectivity index (χ3n) is 5.63. The lowest BCUT2D eigenvalue weighted by molar-refractivity contribution is -0.192. The van der Waals surface area contributed by atoms with Crippen LogP contribution in [0.2, 0.25) is 0 Å². The zero-order valence-corrected chi connectivity index (χ0v) is 13.9. The molecule has 2 aliphatic carbocycles. The van der Waals surface area contributed by atoms with Crippen LogP contribution in [0, 0.1) is 11.2 Å². The van der Waals surface area contributed by atoms with Crippen LogP contribution < -0.4 is 0 Å². The number of ether oxygens (including phenoxy) is 1. The van der Waals surface area contributed by atoms with Crippen LogP contribution in [0.25, 0.3) is 0 Å². The maximum atomic E-state index is 14.2. The van der Waals surface area contributed by atoms with E-state index in [1.54, 1.807) is 11.9 Å². The molecule has 0 saturated heterocycles. The van der Waals surface area contributed by atoms with Crippen molar-refractivity contribution in [3.05, 3.63) is 35.1 Å². The van der Waals surface area contributed by atoms with Crippen molar-refractivity contribution >= 4 is 11.9 Å². The fourth-order valence-electron chi connectivity index (χ4n) is 4.10. The lowest BCUT2D eigenvalue weighted by Crippen LogP contribution is -2.67. The van der Waals surface area contributed by atoms with E-state index in [1.807, 2.05) is 6.92 Å². The summed E-state index contributed by atoms with van der Waals surface area (Å²) >= 11 is 0. The van der Waals surface area contributed by atoms with Crippen molar-refractivity contribution in [3.8, 4) is 0 Å². The van der Waals surface area contributed by atoms with Crippen LogP contribution in [0.1, 0.15) is 53.3 Å². The van der Waals surface area contributed by atoms with Gasteiger partial charge in [0, 0.05) is 25.1 Å². The second-order valence-corrected chi connectivity index (χ2v) is 6.70. The zero-order valence-electron chi connectivity index (χ0n) is 13.9. The van der Waals surface area contributed by atoms with Gasteiger partial charge in [-0.25, -0.2) is 9.18 Å². The molecule has 0 aliphatic heterocycles. The largest absolute Gasteiger partial charge is 0.478 e. The molecule has 2 aliphatic rings. The minimum absolute atomic E-state index is 0.0118. The van der Waals surface area contributed by atoms with Crippen molar-refractivity contribution < 1.29 is 23.8 Å². The van der Waals surface area contributed by atoms with Crippen molar-refractivity contribution in [1.29, 1.82) is 0 Å². The van der Waals surface area contributed by atoms with Gasteiger partial charge in [0.05, 0.1) is 17.2 Å². The van der Waals surface area contributed by atoms with Gasteiger partial charge in [-0.3, -0.25) is 4.79 Å². The van der Waals surface area contributed by atoms with Crippen LogP contribution >= 0.6 is 0 Å². The molecule has 130 valence electrons. The van der Waals surface area contributed by atoms with E-state index < -0.39 is 17.7 Å². The molecule has 2 atom stereocenters. The topological polar surface area (TPSA) is 66.8 Å². The fraction of sp³-hybridized carbons (Fsp3) is 0.556. The van der Waals surface area contributed by atoms with Crippen LogP contribution in [0.3, 0.4) is 0 Å². The van der Waals surface area contributed by atoms with Gasteiger partial charge in [-0.15, -0.1) is 0 Å². The number of hydrogen-bond acceptors (Lipinski definition) is 3. The van der Waals surface area contributed by atoms with E-state index in [0.717, 1.165) is 31.7 Å². The smallest absolute Gasteiger partial charge is 0.335 e. The van der Waals surface area contributed by atoms with Crippen molar-refractivity contribution in [2.24, 2.45) is 5.41 Å². The Bertz CT molecular complexity index is 671. The average Bonchev–Trinajstić information content (AvgIpc) is 2.48. The Kier molecular flexibility index (Phi) is 4.34. The molecule has 24 heavy (non-hydrogen) atoms. The Balaban J connectivity index is 1.77. The number of benzene rings is 1. The predicted molar refractivity (Wildman–Crippen MR) is 85.6 cm³/mol. The van der Waals surface area contributed by atoms with Crippen LogP contribution in [-0.2, 0) is 4.74 Å². The van der Waals surface area contributed by atoms with Crippen molar-refractivity contribution in [2.45, 2.75) is 44.8 Å². The third kappa shape index (κ3) is 2.49. The van der Waals surface area contributed by atoms with Crippen molar-refractivity contribution in [1.82, 2.24) is 4.90 Å². The standard InChI is InChI=1S/C18H22FNO4/c1-3-24-15-10-14(18(15)7-4-8-18)20(2)16(21)12-6-5-11(17(22)23)9-13(12)19/h5-6,9,14-15H,3-4,7-8,10H2,1-2H3,(H,22,23). The molecule has 0 heterocycles. The lowest BCUT2D eigenvalue weighted by Gasteiger charge is -2.63. The van der Waals surface area contributed by atoms with Gasteiger partial charge in [-0.1, -0.05) is 6.42 Å². The molecule has 6 heteroatoms. The lowest BCUT2D eigenvalue weighted by atomic mass is 9.50. The van der Waals surface area contributed by atoms with E-state index in [4.69, 9.17) is 9.84 Å². The molecule has 1 N–H and O–H groups in total. The minimum atomic E-state index is -1.21. The molecule has 2 fully saturated rings. The Labute approximate surface area is 140 Å². The summed E-state index contributed by atoms with van der Waals surface area (Å²) in [5, 5.41) is 8.90. The Hall–Kier alpha value is -1.95. The van der Waals surface area contributed by atoms with Gasteiger partial charge in [0.15, 0.2) is 0 Å². The van der Waals surface area contributed by atoms with Gasteiger partial charge >= 0.3 is 5.97 Å². The number of amides is 1. The van der Waals surface area contributed by atoms with Crippen LogP contribution in [0.15, 0.2) is 18.2 Å². The Morgan fingerprint density at radius 1 is 1.42 bits per heavy atom. The molecule has 1 spiro atoms. The first kappa shape index (κ1) is 16.9. The molecule has 1 aromatic rings. The second-order valence-electron chi connectivity index (χ2n) is 6.70. The summed E-state index contributed by atoms with van der Waals surface area (Å²) < 4.78 is 19.9. The average molecular weight is 335 g/mol. The maximum absolute atomic E-state index is 14.2. The fourth-order valence-corrected chi connectivity index (χ4v) is 4.10. The van der Waals surface area contributed by atoms with Gasteiger partial charge in [-0.2, -0.15) is 0 Å². The SMILES string of the molecule is CCOC1CC(N(C)C(=O)c2ccc(C(=O)O)cc2F)C12CCC2. The van der Waals surface area contributed by atoms with Crippen molar-refractivity contribution in [2.75, 3.05) is 13.7 Å². The highest BCUT2D eigenvalue weighted by atomic mass is 19.1. The highest BCUT2D eigenvalue weighted by Gasteiger charge is 2.60. The summed E-state index contributed by atoms with van der Waals surface area (Å²) in [4.78, 5) is 25.2. The normalized spacial score (nSPS) is 24.1. The summed E-state index contributed by atoms with van der Waals surface area (Å²) in [6.07, 6.45) is 4.13. The Morgan fingerprint density at radius 3 is 2.62 bits per heavy atom. The highest BCUT2D eigenvalue weighted by molar-refractivity contribution is 5.96. The van der Waals surface area contributed by atoms with Crippen LogP contribution in [0.4, 0.5) is 4.39 Å². The molecule has 1 aromatic carbocycles. The molecular formula is C18H22FNO4. The molecule has 0 radical (unpaired) electrons. The molecule has 0 bridgehead atoms. The molecule has 1 amide bonds. The van der Waals surface area contributed by atoms with Gasteiger partial charge in [0.1, 0.15) is 5.82 Å². The number of hydrogen-bond donors (Lipinski definition) is 1. The first-order chi connectivity index (χ1) is 11.4. The summed E-state index contributed by atoms with van der Waals surface area (Å²) in [7, 11) is 1.69. The predicted octanol–water partition coefficient (Wildman–Crippen LogP) is 2.94. The first-order valence-electron chi connectivity index (χ1n) is 8.32. The number of aromatic carboxylic acids is 1. The zero-order chi connectivity index (χ0) is 17.5. The summed E-state index contributed by atoms with van der Waals surface area (Å²) in [5.41, 5.74) is -0.239. The van der Waals surface area contributed by atoms with E-state index in [9.17, 15) is 14.0 Å². The monoisotopic (exact) mass is 335 g/mol. The maximum Gasteiger partial charge on any atom is 0.335 e. The molecule has 5 nitrogen and oxygen atoms in total. The summed E-state index contributed by atoms with van der Waals surface area (Å²) in [6.45, 7) is 2.62. The van der Waals surface area contributed by atoms with E-state index in [1.165, 1.54) is 12.1 Å². The van der Waals surface area contributed by atoms with Gasteiger partial charge in [0.2, 0.25) is 0 Å². The third-order valence-corrected chi connectivity index (χ3v) is 5.63. The van der Waals surface area contributed by atoms with Gasteiger partial charge in [0.25, 0.3) is 5.91 Å². The molecule has 3 rings (SSSR count). The number of carboxylic acid groups (broad SMARTS) is 1. The molecule has 2 saturated carbocycles. The van der Waals surface area contributed by atoms with Crippen LogP contribution in [0.5, 0.6) is 0 Å². The number of carboxylic acids is 1. The Morgan fingerprint density at radius 2 is 2.12 bits per heavy atom. The number of carbonyl (C=O) groups excluding carboxylic acids is 1.